The molecule has 1 aromatic carbocycles. The van der Waals surface area contributed by atoms with Crippen LogP contribution in [-0.2, 0) is 11.3 Å². The molecule has 0 atom stereocenters. The number of nitrogens with zero attached hydrogens (tertiary/aromatic N) is 1. The number of anilines is 2. The van der Waals surface area contributed by atoms with Crippen molar-refractivity contribution >= 4 is 23.4 Å². The molecule has 0 saturated carbocycles. The maximum atomic E-state index is 12.3. The highest BCUT2D eigenvalue weighted by atomic mass is 16.5. The second kappa shape index (κ2) is 6.35. The van der Waals surface area contributed by atoms with E-state index in [4.69, 9.17) is 9.47 Å². The number of fused-ring (bicyclic) bond motifs is 1. The molecular weight excluding hydrogens is 298 g/mol. The van der Waals surface area contributed by atoms with Gasteiger partial charge in [-0.2, -0.15) is 0 Å². The summed E-state index contributed by atoms with van der Waals surface area (Å²) >= 11 is 0. The first-order valence-corrected chi connectivity index (χ1v) is 7.12. The highest BCUT2D eigenvalue weighted by Crippen LogP contribution is 2.23. The number of amides is 2. The molecule has 0 spiro atoms. The monoisotopic (exact) mass is 313 g/mol. The van der Waals surface area contributed by atoms with Gasteiger partial charge in [0.15, 0.2) is 0 Å². The van der Waals surface area contributed by atoms with Crippen LogP contribution in [0.25, 0.3) is 0 Å². The fourth-order valence-corrected chi connectivity index (χ4v) is 2.16. The lowest BCUT2D eigenvalue weighted by Crippen LogP contribution is -2.21. The van der Waals surface area contributed by atoms with Crippen LogP contribution in [-0.4, -0.2) is 23.6 Å². The van der Waals surface area contributed by atoms with Crippen molar-refractivity contribution in [1.82, 2.24) is 4.98 Å². The second-order valence-electron chi connectivity index (χ2n) is 4.85. The second-order valence-corrected chi connectivity index (χ2v) is 4.85. The van der Waals surface area contributed by atoms with Crippen LogP contribution in [0.5, 0.6) is 5.88 Å². The van der Waals surface area contributed by atoms with E-state index in [2.05, 4.69) is 15.6 Å². The van der Waals surface area contributed by atoms with Crippen molar-refractivity contribution in [3.63, 3.8) is 0 Å². The van der Waals surface area contributed by atoms with Gasteiger partial charge in [0, 0.05) is 17.2 Å². The van der Waals surface area contributed by atoms with E-state index >= 15 is 0 Å². The van der Waals surface area contributed by atoms with Gasteiger partial charge in [0.2, 0.25) is 5.88 Å². The molecule has 2 amide bonds. The molecule has 0 saturated heterocycles. The van der Waals surface area contributed by atoms with Crippen molar-refractivity contribution in [3.8, 4) is 5.88 Å². The third kappa shape index (κ3) is 3.39. The Morgan fingerprint density at radius 1 is 1.39 bits per heavy atom. The average molecular weight is 313 g/mol. The Morgan fingerprint density at radius 2 is 2.26 bits per heavy atom. The number of benzene rings is 1. The third-order valence-corrected chi connectivity index (χ3v) is 3.25. The predicted octanol–water partition coefficient (Wildman–Crippen LogP) is 2.79. The molecule has 2 N–H and O–H groups in total. The zero-order chi connectivity index (χ0) is 16.2. The quantitative estimate of drug-likeness (QED) is 0.906. The number of aromatic nitrogens is 1. The predicted molar refractivity (Wildman–Crippen MR) is 83.6 cm³/mol. The summed E-state index contributed by atoms with van der Waals surface area (Å²) in [7, 11) is 0. The summed E-state index contributed by atoms with van der Waals surface area (Å²) in [4.78, 5) is 27.5. The Bertz CT molecular complexity index is 743. The molecule has 0 aliphatic carbocycles. The SMILES string of the molecule is CCOc1ccc(NC(=O)c2ccc3c(c2)COC(=O)N3)cn1. The third-order valence-electron chi connectivity index (χ3n) is 3.25. The van der Waals surface area contributed by atoms with Crippen LogP contribution in [0.3, 0.4) is 0 Å². The van der Waals surface area contributed by atoms with Gasteiger partial charge in [-0.1, -0.05) is 0 Å². The lowest BCUT2D eigenvalue weighted by molar-refractivity contribution is 0.102. The first kappa shape index (κ1) is 14.8. The zero-order valence-corrected chi connectivity index (χ0v) is 12.5. The molecule has 2 aromatic rings. The van der Waals surface area contributed by atoms with Crippen LogP contribution in [0.2, 0.25) is 0 Å². The van der Waals surface area contributed by atoms with E-state index in [0.717, 1.165) is 5.56 Å². The summed E-state index contributed by atoms with van der Waals surface area (Å²) in [6.45, 7) is 2.55. The number of pyridine rings is 1. The first-order valence-electron chi connectivity index (χ1n) is 7.12. The van der Waals surface area contributed by atoms with Crippen molar-refractivity contribution in [2.45, 2.75) is 13.5 Å². The number of carbonyl (C=O) groups is 2. The summed E-state index contributed by atoms with van der Waals surface area (Å²) in [5.74, 6) is 0.239. The number of hydrogen-bond donors (Lipinski definition) is 2. The Kier molecular flexibility index (Phi) is 4.09. The average Bonchev–Trinajstić information content (AvgIpc) is 2.56. The number of rotatable bonds is 4. The normalized spacial score (nSPS) is 12.7. The lowest BCUT2D eigenvalue weighted by atomic mass is 10.1. The number of cyclic esters (lactones) is 1. The van der Waals surface area contributed by atoms with Crippen LogP contribution in [0, 0.1) is 0 Å². The molecule has 2 heterocycles. The number of ether oxygens (including phenoxy) is 2. The van der Waals surface area contributed by atoms with Crippen molar-refractivity contribution in [3.05, 3.63) is 47.7 Å². The molecule has 3 rings (SSSR count). The molecule has 23 heavy (non-hydrogen) atoms. The van der Waals surface area contributed by atoms with E-state index < -0.39 is 6.09 Å². The molecule has 0 radical (unpaired) electrons. The van der Waals surface area contributed by atoms with Crippen molar-refractivity contribution in [2.24, 2.45) is 0 Å². The summed E-state index contributed by atoms with van der Waals surface area (Å²) < 4.78 is 10.1. The van der Waals surface area contributed by atoms with Gasteiger partial charge >= 0.3 is 6.09 Å². The standard InChI is InChI=1S/C16H15N3O4/c1-2-22-14-6-4-12(8-17-14)18-15(20)10-3-5-13-11(7-10)9-23-16(21)19-13/h3-8H,2,9H2,1H3,(H,18,20)(H,19,21). The number of carbonyl (C=O) groups excluding carboxylic acids is 2. The van der Waals surface area contributed by atoms with Gasteiger partial charge in [-0.05, 0) is 31.2 Å². The summed E-state index contributed by atoms with van der Waals surface area (Å²) in [5, 5.41) is 5.34. The molecule has 1 aromatic heterocycles. The number of nitrogens with one attached hydrogen (secondary N) is 2. The van der Waals surface area contributed by atoms with E-state index in [1.807, 2.05) is 6.92 Å². The molecule has 0 bridgehead atoms. The van der Waals surface area contributed by atoms with Gasteiger partial charge in [0.25, 0.3) is 5.91 Å². The van der Waals surface area contributed by atoms with Crippen LogP contribution in [0.4, 0.5) is 16.2 Å². The van der Waals surface area contributed by atoms with Crippen molar-refractivity contribution in [2.75, 3.05) is 17.2 Å². The Balaban J connectivity index is 1.72. The highest BCUT2D eigenvalue weighted by Gasteiger charge is 2.17. The first-order chi connectivity index (χ1) is 11.2. The summed E-state index contributed by atoms with van der Waals surface area (Å²) in [6.07, 6.45) is 1.04. The van der Waals surface area contributed by atoms with Gasteiger partial charge < -0.3 is 14.8 Å². The van der Waals surface area contributed by atoms with Crippen LogP contribution < -0.4 is 15.4 Å². The highest BCUT2D eigenvalue weighted by molar-refractivity contribution is 6.05. The minimum absolute atomic E-state index is 0.146. The Morgan fingerprint density at radius 3 is 3.00 bits per heavy atom. The summed E-state index contributed by atoms with van der Waals surface area (Å²) in [5.41, 5.74) is 2.45. The maximum absolute atomic E-state index is 12.3. The largest absolute Gasteiger partial charge is 0.478 e. The molecule has 7 nitrogen and oxygen atoms in total. The minimum atomic E-state index is -0.491. The van der Waals surface area contributed by atoms with Crippen LogP contribution in [0.15, 0.2) is 36.5 Å². The molecule has 7 heteroatoms. The zero-order valence-electron chi connectivity index (χ0n) is 12.5. The molecular formula is C16H15N3O4. The topological polar surface area (TPSA) is 89.5 Å². The van der Waals surface area contributed by atoms with E-state index in [-0.39, 0.29) is 12.5 Å². The Hall–Kier alpha value is -3.09. The van der Waals surface area contributed by atoms with E-state index in [0.29, 0.717) is 29.4 Å². The van der Waals surface area contributed by atoms with Crippen molar-refractivity contribution in [1.29, 1.82) is 0 Å². The van der Waals surface area contributed by atoms with Crippen molar-refractivity contribution < 1.29 is 19.1 Å². The van der Waals surface area contributed by atoms with Crippen LogP contribution >= 0.6 is 0 Å². The van der Waals surface area contributed by atoms with Gasteiger partial charge in [0.1, 0.15) is 6.61 Å². The number of hydrogen-bond acceptors (Lipinski definition) is 5. The minimum Gasteiger partial charge on any atom is -0.478 e. The smallest absolute Gasteiger partial charge is 0.411 e. The fourth-order valence-electron chi connectivity index (χ4n) is 2.16. The molecule has 1 aliphatic rings. The summed E-state index contributed by atoms with van der Waals surface area (Å²) in [6, 6.07) is 8.42. The van der Waals surface area contributed by atoms with E-state index in [1.54, 1.807) is 30.3 Å². The van der Waals surface area contributed by atoms with E-state index in [9.17, 15) is 9.59 Å². The Labute approximate surface area is 132 Å². The molecule has 0 unspecified atom stereocenters. The van der Waals surface area contributed by atoms with Crippen LogP contribution in [0.1, 0.15) is 22.8 Å². The lowest BCUT2D eigenvalue weighted by Gasteiger charge is -2.17. The maximum Gasteiger partial charge on any atom is 0.411 e. The van der Waals surface area contributed by atoms with Gasteiger partial charge in [-0.25, -0.2) is 9.78 Å². The molecule has 1 aliphatic heterocycles. The molecule has 118 valence electrons. The van der Waals surface area contributed by atoms with Gasteiger partial charge in [-0.3, -0.25) is 10.1 Å². The molecule has 0 fully saturated rings. The fraction of sp³-hybridized carbons (Fsp3) is 0.188. The van der Waals surface area contributed by atoms with Gasteiger partial charge in [0.05, 0.1) is 24.2 Å². The van der Waals surface area contributed by atoms with Gasteiger partial charge in [-0.15, -0.1) is 0 Å². The van der Waals surface area contributed by atoms with E-state index in [1.165, 1.54) is 6.20 Å².